The predicted octanol–water partition coefficient (Wildman–Crippen LogP) is 4.70. The molecule has 1 aromatic carbocycles. The minimum atomic E-state index is 0.316. The zero-order chi connectivity index (χ0) is 13.5. The van der Waals surface area contributed by atoms with E-state index in [1.54, 1.807) is 0 Å². The van der Waals surface area contributed by atoms with Crippen LogP contribution in [0.4, 0.5) is 0 Å². The molecular weight excluding hydrogens is 277 g/mol. The third-order valence-electron chi connectivity index (χ3n) is 4.56. The molecule has 0 radical (unpaired) electrons. The second kappa shape index (κ2) is 5.27. The van der Waals surface area contributed by atoms with E-state index in [0.717, 1.165) is 29.9 Å². The largest absolute Gasteiger partial charge is 0.313 e. The Kier molecular flexibility index (Phi) is 3.81. The molecule has 2 saturated carbocycles. The van der Waals surface area contributed by atoms with Gasteiger partial charge in [0.25, 0.3) is 0 Å². The van der Waals surface area contributed by atoms with Crippen LogP contribution in [0.15, 0.2) is 18.2 Å². The molecule has 0 bridgehead atoms. The molecule has 1 aromatic rings. The summed E-state index contributed by atoms with van der Waals surface area (Å²) in [7, 11) is 0. The van der Waals surface area contributed by atoms with Crippen molar-refractivity contribution in [3.05, 3.63) is 33.8 Å². The zero-order valence-corrected chi connectivity index (χ0v) is 12.9. The van der Waals surface area contributed by atoms with E-state index in [1.165, 1.54) is 31.2 Å². The fraction of sp³-hybridized carbons (Fsp3) is 0.625. The van der Waals surface area contributed by atoms with Crippen molar-refractivity contribution in [2.75, 3.05) is 6.54 Å². The van der Waals surface area contributed by atoms with Crippen molar-refractivity contribution in [1.29, 1.82) is 0 Å². The molecule has 3 rings (SSSR count). The zero-order valence-electron chi connectivity index (χ0n) is 11.4. The smallest absolute Gasteiger partial charge is 0.0624 e. The Morgan fingerprint density at radius 2 is 1.95 bits per heavy atom. The van der Waals surface area contributed by atoms with E-state index < -0.39 is 0 Å². The van der Waals surface area contributed by atoms with Gasteiger partial charge >= 0.3 is 0 Å². The molecule has 0 saturated heterocycles. The summed E-state index contributed by atoms with van der Waals surface area (Å²) in [6.45, 7) is 3.50. The van der Waals surface area contributed by atoms with Gasteiger partial charge in [-0.3, -0.25) is 0 Å². The second-order valence-electron chi connectivity index (χ2n) is 6.47. The van der Waals surface area contributed by atoms with Gasteiger partial charge in [0.2, 0.25) is 0 Å². The van der Waals surface area contributed by atoms with Crippen LogP contribution in [0.2, 0.25) is 10.0 Å². The third kappa shape index (κ3) is 3.26. The average molecular weight is 298 g/mol. The highest BCUT2D eigenvalue weighted by atomic mass is 35.5. The maximum atomic E-state index is 6.35. The lowest BCUT2D eigenvalue weighted by Gasteiger charge is -2.31. The molecule has 1 unspecified atom stereocenters. The summed E-state index contributed by atoms with van der Waals surface area (Å²) in [5.74, 6) is 0.841. The molecule has 1 atom stereocenters. The summed E-state index contributed by atoms with van der Waals surface area (Å²) in [5.41, 5.74) is 1.51. The van der Waals surface area contributed by atoms with Crippen LogP contribution in [-0.4, -0.2) is 12.6 Å². The highest BCUT2D eigenvalue weighted by Crippen LogP contribution is 2.48. The standard InChI is InChI=1S/C16H21Cl2N/c1-16(12-5-6-12,10-19-13-7-8-13)9-11-3-2-4-14(17)15(11)18/h2-4,12-13,19H,5-10H2,1H3. The van der Waals surface area contributed by atoms with Gasteiger partial charge in [0.05, 0.1) is 10.0 Å². The van der Waals surface area contributed by atoms with Crippen LogP contribution in [0.5, 0.6) is 0 Å². The van der Waals surface area contributed by atoms with Gasteiger partial charge in [-0.2, -0.15) is 0 Å². The van der Waals surface area contributed by atoms with Crippen molar-refractivity contribution >= 4 is 23.2 Å². The van der Waals surface area contributed by atoms with Crippen LogP contribution >= 0.6 is 23.2 Å². The Morgan fingerprint density at radius 3 is 2.58 bits per heavy atom. The second-order valence-corrected chi connectivity index (χ2v) is 7.26. The molecule has 104 valence electrons. The maximum absolute atomic E-state index is 6.35. The SMILES string of the molecule is CC(CNC1CC1)(Cc1cccc(Cl)c1Cl)C1CC1. The Balaban J connectivity index is 1.74. The van der Waals surface area contributed by atoms with Gasteiger partial charge in [0.15, 0.2) is 0 Å². The summed E-state index contributed by atoms with van der Waals surface area (Å²) >= 11 is 12.5. The number of rotatable bonds is 6. The molecular formula is C16H21Cl2N. The van der Waals surface area contributed by atoms with E-state index in [-0.39, 0.29) is 0 Å². The van der Waals surface area contributed by atoms with Crippen LogP contribution in [-0.2, 0) is 6.42 Å². The molecule has 19 heavy (non-hydrogen) atoms. The average Bonchev–Trinajstić information content (AvgIpc) is 3.26. The Labute approximate surface area is 125 Å². The molecule has 2 aliphatic rings. The number of hydrogen-bond acceptors (Lipinski definition) is 1. The topological polar surface area (TPSA) is 12.0 Å². The van der Waals surface area contributed by atoms with Gasteiger partial charge < -0.3 is 5.32 Å². The van der Waals surface area contributed by atoms with E-state index in [0.29, 0.717) is 10.4 Å². The Morgan fingerprint density at radius 1 is 1.21 bits per heavy atom. The van der Waals surface area contributed by atoms with Crippen molar-refractivity contribution in [2.45, 2.75) is 45.1 Å². The van der Waals surface area contributed by atoms with Crippen molar-refractivity contribution in [3.63, 3.8) is 0 Å². The molecule has 0 aliphatic heterocycles. The fourth-order valence-electron chi connectivity index (χ4n) is 2.92. The monoisotopic (exact) mass is 297 g/mol. The molecule has 3 heteroatoms. The van der Waals surface area contributed by atoms with Gasteiger partial charge in [0, 0.05) is 12.6 Å². The first-order valence-corrected chi connectivity index (χ1v) is 8.00. The van der Waals surface area contributed by atoms with Gasteiger partial charge in [-0.15, -0.1) is 0 Å². The highest BCUT2D eigenvalue weighted by Gasteiger charge is 2.42. The van der Waals surface area contributed by atoms with Crippen LogP contribution in [0.25, 0.3) is 0 Å². The van der Waals surface area contributed by atoms with E-state index in [1.807, 2.05) is 12.1 Å². The molecule has 1 nitrogen and oxygen atoms in total. The summed E-state index contributed by atoms with van der Waals surface area (Å²) in [6.07, 6.45) is 6.44. The lowest BCUT2D eigenvalue weighted by molar-refractivity contribution is 0.255. The summed E-state index contributed by atoms with van der Waals surface area (Å²) < 4.78 is 0. The normalized spacial score (nSPS) is 22.3. The van der Waals surface area contributed by atoms with Gasteiger partial charge in [-0.05, 0) is 55.1 Å². The number of benzene rings is 1. The fourth-order valence-corrected chi connectivity index (χ4v) is 3.30. The lowest BCUT2D eigenvalue weighted by atomic mass is 9.78. The quantitative estimate of drug-likeness (QED) is 0.802. The van der Waals surface area contributed by atoms with Crippen molar-refractivity contribution in [3.8, 4) is 0 Å². The van der Waals surface area contributed by atoms with Gasteiger partial charge in [-0.25, -0.2) is 0 Å². The van der Waals surface area contributed by atoms with Crippen LogP contribution in [0.1, 0.15) is 38.2 Å². The Bertz CT molecular complexity index is 466. The summed E-state index contributed by atoms with van der Waals surface area (Å²) in [4.78, 5) is 0. The third-order valence-corrected chi connectivity index (χ3v) is 5.42. The minimum absolute atomic E-state index is 0.316. The molecule has 0 spiro atoms. The molecule has 1 N–H and O–H groups in total. The minimum Gasteiger partial charge on any atom is -0.313 e. The molecule has 2 fully saturated rings. The van der Waals surface area contributed by atoms with Crippen LogP contribution in [0, 0.1) is 11.3 Å². The highest BCUT2D eigenvalue weighted by molar-refractivity contribution is 6.42. The number of hydrogen-bond donors (Lipinski definition) is 1. The first kappa shape index (κ1) is 13.7. The van der Waals surface area contributed by atoms with Crippen LogP contribution < -0.4 is 5.32 Å². The van der Waals surface area contributed by atoms with Gasteiger partial charge in [0.1, 0.15) is 0 Å². The van der Waals surface area contributed by atoms with E-state index in [2.05, 4.69) is 18.3 Å². The van der Waals surface area contributed by atoms with E-state index >= 15 is 0 Å². The molecule has 0 amide bonds. The molecule has 2 aliphatic carbocycles. The molecule has 0 aromatic heterocycles. The number of nitrogens with one attached hydrogen (secondary N) is 1. The summed E-state index contributed by atoms with van der Waals surface area (Å²) in [6, 6.07) is 6.76. The predicted molar refractivity (Wildman–Crippen MR) is 82.0 cm³/mol. The van der Waals surface area contributed by atoms with Gasteiger partial charge in [-0.1, -0.05) is 42.3 Å². The van der Waals surface area contributed by atoms with E-state index in [4.69, 9.17) is 23.2 Å². The first-order valence-electron chi connectivity index (χ1n) is 7.25. The summed E-state index contributed by atoms with van der Waals surface area (Å²) in [5, 5.41) is 5.11. The first-order chi connectivity index (χ1) is 9.08. The van der Waals surface area contributed by atoms with E-state index in [9.17, 15) is 0 Å². The van der Waals surface area contributed by atoms with Crippen LogP contribution in [0.3, 0.4) is 0 Å². The van der Waals surface area contributed by atoms with Crippen molar-refractivity contribution in [1.82, 2.24) is 5.32 Å². The van der Waals surface area contributed by atoms with Crippen molar-refractivity contribution in [2.24, 2.45) is 11.3 Å². The number of halogens is 2. The molecule has 0 heterocycles. The Hall–Kier alpha value is -0.240. The maximum Gasteiger partial charge on any atom is 0.0624 e. The van der Waals surface area contributed by atoms with Crippen molar-refractivity contribution < 1.29 is 0 Å². The lowest BCUT2D eigenvalue weighted by Crippen LogP contribution is -2.36.